The van der Waals surface area contributed by atoms with Gasteiger partial charge in [-0.3, -0.25) is 0 Å². The summed E-state index contributed by atoms with van der Waals surface area (Å²) >= 11 is 0. The van der Waals surface area contributed by atoms with Crippen molar-refractivity contribution in [3.05, 3.63) is 12.2 Å². The number of aliphatic hydroxyl groups excluding tert-OH is 1. The van der Waals surface area contributed by atoms with Crippen molar-refractivity contribution >= 4 is 0 Å². The maximum absolute atomic E-state index is 7.57. The molecular weight excluding hydrogens is 304 g/mol. The fourth-order valence-corrected chi connectivity index (χ4v) is 2.10. The van der Waals surface area contributed by atoms with E-state index in [2.05, 4.69) is 46.8 Å². The zero-order valence-corrected chi connectivity index (χ0v) is 20.3. The van der Waals surface area contributed by atoms with Gasteiger partial charge in [0.15, 0.2) is 0 Å². The number of aliphatic hydroxyl groups is 1. The zero-order chi connectivity index (χ0) is 21.1. The van der Waals surface area contributed by atoms with E-state index in [-0.39, 0.29) is 6.61 Å². The van der Waals surface area contributed by atoms with Crippen LogP contribution in [0.1, 0.15) is 122 Å². The number of rotatable bonds is 4. The van der Waals surface area contributed by atoms with Crippen LogP contribution in [-0.4, -0.2) is 11.7 Å². The Bertz CT molecular complexity index is 183. The third-order valence-electron chi connectivity index (χ3n) is 3.74. The largest absolute Gasteiger partial charge is 0.397 e. The first-order chi connectivity index (χ1) is 12.1. The minimum atomic E-state index is 0.250. The summed E-state index contributed by atoms with van der Waals surface area (Å²) in [4.78, 5) is 0. The van der Waals surface area contributed by atoms with Crippen LogP contribution in [0.3, 0.4) is 0 Å². The summed E-state index contributed by atoms with van der Waals surface area (Å²) in [5.74, 6) is 2.57. The van der Waals surface area contributed by atoms with E-state index < -0.39 is 0 Å². The molecule has 0 saturated carbocycles. The summed E-state index contributed by atoms with van der Waals surface area (Å²) in [7, 11) is 0. The van der Waals surface area contributed by atoms with Gasteiger partial charge in [0.2, 0.25) is 0 Å². The van der Waals surface area contributed by atoms with Gasteiger partial charge in [-0.1, -0.05) is 114 Å². The van der Waals surface area contributed by atoms with Crippen LogP contribution in [0, 0.1) is 17.8 Å². The summed E-state index contributed by atoms with van der Waals surface area (Å²) in [5.41, 5.74) is 0. The second kappa shape index (κ2) is 39.0. The minimum Gasteiger partial charge on any atom is -0.397 e. The molecule has 0 saturated heterocycles. The molecular formula is C24H56O. The van der Waals surface area contributed by atoms with E-state index in [1.165, 1.54) is 38.5 Å². The van der Waals surface area contributed by atoms with Crippen molar-refractivity contribution in [2.75, 3.05) is 6.61 Å². The van der Waals surface area contributed by atoms with Crippen molar-refractivity contribution in [1.82, 2.24) is 0 Å². The molecule has 0 spiro atoms. The Hall–Kier alpha value is -0.300. The summed E-state index contributed by atoms with van der Waals surface area (Å²) in [6, 6.07) is 0. The lowest BCUT2D eigenvalue weighted by Crippen LogP contribution is -2.15. The predicted octanol–water partition coefficient (Wildman–Crippen LogP) is 8.91. The third-order valence-corrected chi connectivity index (χ3v) is 3.74. The molecule has 0 radical (unpaired) electrons. The van der Waals surface area contributed by atoms with E-state index in [9.17, 15) is 0 Å². The molecule has 25 heavy (non-hydrogen) atoms. The van der Waals surface area contributed by atoms with Crippen LogP contribution in [0.4, 0.5) is 0 Å². The number of hydrogen-bond donors (Lipinski definition) is 1. The van der Waals surface area contributed by atoms with Crippen molar-refractivity contribution < 1.29 is 5.11 Å². The van der Waals surface area contributed by atoms with Crippen LogP contribution >= 0.6 is 0 Å². The van der Waals surface area contributed by atoms with E-state index in [0.717, 1.165) is 17.8 Å². The Morgan fingerprint density at radius 1 is 0.760 bits per heavy atom. The van der Waals surface area contributed by atoms with E-state index in [1.54, 1.807) is 6.92 Å². The number of hydrogen-bond acceptors (Lipinski definition) is 1. The molecule has 0 bridgehead atoms. The molecule has 0 aromatic carbocycles. The van der Waals surface area contributed by atoms with Crippen molar-refractivity contribution in [3.63, 3.8) is 0 Å². The molecule has 1 nitrogen and oxygen atoms in total. The monoisotopic (exact) mass is 360 g/mol. The minimum absolute atomic E-state index is 0.250. The Morgan fingerprint density at radius 2 is 1.12 bits per heavy atom. The van der Waals surface area contributed by atoms with Gasteiger partial charge in [0, 0.05) is 6.61 Å². The van der Waals surface area contributed by atoms with Gasteiger partial charge in [-0.2, -0.15) is 0 Å². The van der Waals surface area contributed by atoms with Crippen molar-refractivity contribution in [1.29, 1.82) is 0 Å². The maximum Gasteiger partial charge on any atom is 0.0402 e. The Kier molecular flexibility index (Phi) is 55.7. The first-order valence-corrected chi connectivity index (χ1v) is 11.4. The van der Waals surface area contributed by atoms with Gasteiger partial charge in [-0.25, -0.2) is 0 Å². The molecule has 0 heterocycles. The highest BCUT2D eigenvalue weighted by atomic mass is 16.2. The zero-order valence-electron chi connectivity index (χ0n) is 20.3. The molecule has 1 aliphatic carbocycles. The lowest BCUT2D eigenvalue weighted by Gasteiger charge is -2.25. The van der Waals surface area contributed by atoms with Crippen LogP contribution in [-0.2, 0) is 0 Å². The number of unbranched alkanes of at least 4 members (excludes halogenated alkanes) is 3. The van der Waals surface area contributed by atoms with Crippen molar-refractivity contribution in [2.45, 2.75) is 122 Å². The van der Waals surface area contributed by atoms with Crippen LogP contribution in [0.15, 0.2) is 12.2 Å². The van der Waals surface area contributed by atoms with Crippen LogP contribution < -0.4 is 0 Å². The van der Waals surface area contributed by atoms with Crippen molar-refractivity contribution in [2.24, 2.45) is 17.8 Å². The second-order valence-corrected chi connectivity index (χ2v) is 5.65. The molecule has 0 aromatic heterocycles. The topological polar surface area (TPSA) is 20.2 Å². The van der Waals surface area contributed by atoms with E-state index in [4.69, 9.17) is 5.11 Å². The Morgan fingerprint density at radius 3 is 1.36 bits per heavy atom. The second-order valence-electron chi connectivity index (χ2n) is 5.65. The fraction of sp³-hybridized carbons (Fsp3) is 0.917. The molecule has 0 fully saturated rings. The van der Waals surface area contributed by atoms with Gasteiger partial charge >= 0.3 is 0 Å². The lowest BCUT2D eigenvalue weighted by molar-refractivity contribution is 0.318. The molecule has 3 atom stereocenters. The van der Waals surface area contributed by atoms with Crippen molar-refractivity contribution in [3.8, 4) is 0 Å². The Balaban J connectivity index is -0.0000000767. The standard InChI is InChI=1S/C10H18.C6H14.C2H6O.3C2H6/c1-4-10-6-5-8(2)9(3)7-10;1-3-5-6-4-2;1-2-3;3*1-2/h5-6,8-10H,4,7H2,1-3H3;3-6H2,1-2H3;3H,2H2,1H3;3*1-2H3. The first kappa shape index (κ1) is 35.7. The average Bonchev–Trinajstić information content (AvgIpc) is 2.68. The molecule has 1 heteroatoms. The van der Waals surface area contributed by atoms with Gasteiger partial charge in [-0.15, -0.1) is 0 Å². The molecule has 1 N–H and O–H groups in total. The molecule has 0 amide bonds. The Labute approximate surface area is 163 Å². The van der Waals surface area contributed by atoms with Crippen LogP contribution in [0.2, 0.25) is 0 Å². The molecule has 0 aliphatic heterocycles. The van der Waals surface area contributed by atoms with Gasteiger partial charge in [0.25, 0.3) is 0 Å². The number of allylic oxidation sites excluding steroid dienone is 2. The van der Waals surface area contributed by atoms with E-state index >= 15 is 0 Å². The molecule has 1 aliphatic rings. The lowest BCUT2D eigenvalue weighted by atomic mass is 9.80. The average molecular weight is 361 g/mol. The SMILES string of the molecule is CC.CC.CC.CCC1C=CC(C)C(C)C1.CCCCCC.CCO. The van der Waals surface area contributed by atoms with Gasteiger partial charge in [-0.05, 0) is 37.5 Å². The molecule has 3 unspecified atom stereocenters. The summed E-state index contributed by atoms with van der Waals surface area (Å²) < 4.78 is 0. The van der Waals surface area contributed by atoms with Gasteiger partial charge in [0.05, 0.1) is 0 Å². The predicted molar refractivity (Wildman–Crippen MR) is 122 cm³/mol. The smallest absolute Gasteiger partial charge is 0.0402 e. The maximum atomic E-state index is 7.57. The highest BCUT2D eigenvalue weighted by Crippen LogP contribution is 2.28. The highest BCUT2D eigenvalue weighted by Gasteiger charge is 2.17. The molecule has 0 aromatic rings. The van der Waals surface area contributed by atoms with Gasteiger partial charge in [0.1, 0.15) is 0 Å². The van der Waals surface area contributed by atoms with Crippen LogP contribution in [0.5, 0.6) is 0 Å². The quantitative estimate of drug-likeness (QED) is 0.392. The van der Waals surface area contributed by atoms with Gasteiger partial charge < -0.3 is 5.11 Å². The highest BCUT2D eigenvalue weighted by molar-refractivity contribution is 4.98. The third kappa shape index (κ3) is 35.6. The van der Waals surface area contributed by atoms with Crippen LogP contribution in [0.25, 0.3) is 0 Å². The van der Waals surface area contributed by atoms with E-state index in [0.29, 0.717) is 0 Å². The van der Waals surface area contributed by atoms with E-state index in [1.807, 2.05) is 41.5 Å². The first-order valence-electron chi connectivity index (χ1n) is 11.4. The summed E-state index contributed by atoms with van der Waals surface area (Å²) in [6.07, 6.45) is 13.0. The molecule has 1 rings (SSSR count). The molecule has 158 valence electrons. The fourth-order valence-electron chi connectivity index (χ4n) is 2.10. The normalized spacial score (nSPS) is 19.6. The summed E-state index contributed by atoms with van der Waals surface area (Å²) in [5, 5.41) is 7.57. The summed E-state index contributed by atoms with van der Waals surface area (Å²) in [6.45, 7) is 25.3.